The van der Waals surface area contributed by atoms with Crippen LogP contribution in [-0.2, 0) is 0 Å². The molecule has 0 bridgehead atoms. The normalized spacial score (nSPS) is 11.7. The molecule has 1 unspecified atom stereocenters. The average Bonchev–Trinajstić information content (AvgIpc) is 2.70. The van der Waals surface area contributed by atoms with E-state index in [0.29, 0.717) is 54.8 Å². The highest BCUT2D eigenvalue weighted by Crippen LogP contribution is 2.36. The van der Waals surface area contributed by atoms with Crippen LogP contribution in [0.1, 0.15) is 63.0 Å². The van der Waals surface area contributed by atoms with Gasteiger partial charge in [0.25, 0.3) is 0 Å². The van der Waals surface area contributed by atoms with Gasteiger partial charge in [0.1, 0.15) is 17.2 Å². The van der Waals surface area contributed by atoms with Gasteiger partial charge in [-0.1, -0.05) is 59.7 Å². The molecule has 4 nitrogen and oxygen atoms in total. The van der Waals surface area contributed by atoms with Crippen molar-refractivity contribution in [3.8, 4) is 17.2 Å². The molecule has 0 saturated carbocycles. The first kappa shape index (κ1) is 26.2. The molecule has 0 N–H and O–H groups in total. The SMILES string of the molecule is Cc1cccc(C)c1C(=O)Pc1c(OCC(C)C)cc(OCC(C)C)cc1OCC(C)C. The summed E-state index contributed by atoms with van der Waals surface area (Å²) in [6, 6.07) is 9.78. The number of aryl methyl sites for hydroxylation is 2. The van der Waals surface area contributed by atoms with Gasteiger partial charge in [0, 0.05) is 17.7 Å². The van der Waals surface area contributed by atoms with Crippen LogP contribution >= 0.6 is 8.58 Å². The minimum Gasteiger partial charge on any atom is -0.493 e. The summed E-state index contributed by atoms with van der Waals surface area (Å²) in [5.41, 5.74) is 2.87. The molecule has 2 aromatic rings. The summed E-state index contributed by atoms with van der Waals surface area (Å²) in [6.07, 6.45) is 0. The number of rotatable bonds is 12. The van der Waals surface area contributed by atoms with E-state index in [1.807, 2.05) is 44.2 Å². The highest BCUT2D eigenvalue weighted by Gasteiger charge is 2.21. The zero-order chi connectivity index (χ0) is 23.8. The van der Waals surface area contributed by atoms with Crippen LogP contribution in [-0.4, -0.2) is 25.3 Å². The Balaban J connectivity index is 2.50. The number of carbonyl (C=O) groups is 1. The van der Waals surface area contributed by atoms with E-state index in [0.717, 1.165) is 22.0 Å². The molecule has 0 radical (unpaired) electrons. The largest absolute Gasteiger partial charge is 0.493 e. The highest BCUT2D eigenvalue weighted by molar-refractivity contribution is 7.66. The van der Waals surface area contributed by atoms with Crippen molar-refractivity contribution in [2.24, 2.45) is 17.8 Å². The van der Waals surface area contributed by atoms with Crippen LogP contribution in [0, 0.1) is 31.6 Å². The Labute approximate surface area is 195 Å². The number of benzene rings is 2. The van der Waals surface area contributed by atoms with Gasteiger partial charge in [0.05, 0.1) is 25.1 Å². The van der Waals surface area contributed by atoms with Crippen LogP contribution in [0.5, 0.6) is 17.2 Å². The lowest BCUT2D eigenvalue weighted by molar-refractivity contribution is 0.108. The van der Waals surface area contributed by atoms with E-state index in [2.05, 4.69) is 41.5 Å². The molecule has 0 spiro atoms. The van der Waals surface area contributed by atoms with Gasteiger partial charge in [-0.2, -0.15) is 0 Å². The maximum absolute atomic E-state index is 13.4. The van der Waals surface area contributed by atoms with Gasteiger partial charge in [0.2, 0.25) is 0 Å². The van der Waals surface area contributed by atoms with Crippen molar-refractivity contribution in [3.63, 3.8) is 0 Å². The molecule has 0 fully saturated rings. The summed E-state index contributed by atoms with van der Waals surface area (Å²) in [6.45, 7) is 18.4. The van der Waals surface area contributed by atoms with Crippen LogP contribution < -0.4 is 19.5 Å². The third-order valence-electron chi connectivity index (χ3n) is 4.71. The molecule has 5 heteroatoms. The predicted molar refractivity (Wildman–Crippen MR) is 136 cm³/mol. The average molecular weight is 459 g/mol. The molecule has 0 amide bonds. The smallest absolute Gasteiger partial charge is 0.186 e. The minimum atomic E-state index is -0.0977. The van der Waals surface area contributed by atoms with Crippen molar-refractivity contribution in [2.45, 2.75) is 55.4 Å². The molecule has 0 heterocycles. The van der Waals surface area contributed by atoms with Crippen molar-refractivity contribution < 1.29 is 19.0 Å². The number of hydrogen-bond donors (Lipinski definition) is 0. The summed E-state index contributed by atoms with van der Waals surface area (Å²) in [5, 5.41) is 0.816. The molecule has 2 aromatic carbocycles. The molecule has 0 aromatic heterocycles. The highest BCUT2D eigenvalue weighted by atomic mass is 31.1. The Hall–Kier alpha value is -2.06. The van der Waals surface area contributed by atoms with Crippen molar-refractivity contribution in [3.05, 3.63) is 47.0 Å². The van der Waals surface area contributed by atoms with Gasteiger partial charge in [0.15, 0.2) is 5.52 Å². The Morgan fingerprint density at radius 3 is 1.66 bits per heavy atom. The zero-order valence-corrected chi connectivity index (χ0v) is 21.9. The molecular weight excluding hydrogens is 419 g/mol. The lowest BCUT2D eigenvalue weighted by atomic mass is 10.0. The topological polar surface area (TPSA) is 44.8 Å². The van der Waals surface area contributed by atoms with Crippen LogP contribution in [0.25, 0.3) is 0 Å². The van der Waals surface area contributed by atoms with Crippen molar-refractivity contribution in [1.29, 1.82) is 0 Å². The monoisotopic (exact) mass is 458 g/mol. The third kappa shape index (κ3) is 7.81. The number of ether oxygens (including phenoxy) is 3. The maximum Gasteiger partial charge on any atom is 0.186 e. The Bertz CT molecular complexity index is 849. The second kappa shape index (κ2) is 12.3. The fourth-order valence-electron chi connectivity index (χ4n) is 3.12. The molecule has 176 valence electrons. The van der Waals surface area contributed by atoms with Crippen LogP contribution in [0.3, 0.4) is 0 Å². The van der Waals surface area contributed by atoms with Gasteiger partial charge in [-0.15, -0.1) is 0 Å². The Kier molecular flexibility index (Phi) is 10.0. The predicted octanol–water partition coefficient (Wildman–Crippen LogP) is 6.55. The second-order valence-electron chi connectivity index (χ2n) is 9.63. The lowest BCUT2D eigenvalue weighted by Gasteiger charge is -2.20. The van der Waals surface area contributed by atoms with Crippen molar-refractivity contribution in [2.75, 3.05) is 19.8 Å². The van der Waals surface area contributed by atoms with E-state index in [9.17, 15) is 4.79 Å². The fraction of sp³-hybridized carbons (Fsp3) is 0.519. The number of carbonyl (C=O) groups excluding carboxylic acids is 1. The Morgan fingerprint density at radius 1 is 0.781 bits per heavy atom. The van der Waals surface area contributed by atoms with Gasteiger partial charge in [-0.3, -0.25) is 4.79 Å². The van der Waals surface area contributed by atoms with E-state index in [4.69, 9.17) is 14.2 Å². The molecule has 0 aliphatic heterocycles. The zero-order valence-electron chi connectivity index (χ0n) is 20.9. The summed E-state index contributed by atoms with van der Waals surface area (Å²) in [5.74, 6) is 3.20. The third-order valence-corrected chi connectivity index (χ3v) is 5.93. The van der Waals surface area contributed by atoms with Crippen molar-refractivity contribution >= 4 is 19.4 Å². The first-order valence-corrected chi connectivity index (χ1v) is 12.5. The first-order valence-electron chi connectivity index (χ1n) is 11.5. The van der Waals surface area contributed by atoms with Crippen LogP contribution in [0.15, 0.2) is 30.3 Å². The van der Waals surface area contributed by atoms with Gasteiger partial charge in [-0.25, -0.2) is 0 Å². The maximum atomic E-state index is 13.4. The molecule has 0 aliphatic carbocycles. The molecule has 1 atom stereocenters. The molecule has 2 rings (SSSR count). The second-order valence-corrected chi connectivity index (χ2v) is 10.8. The molecular formula is C27H39O4P. The van der Waals surface area contributed by atoms with E-state index in [1.54, 1.807) is 0 Å². The fourth-order valence-corrected chi connectivity index (χ4v) is 4.41. The summed E-state index contributed by atoms with van der Waals surface area (Å²) < 4.78 is 18.4. The van der Waals surface area contributed by atoms with Gasteiger partial charge in [-0.05, 0) is 51.3 Å². The Morgan fingerprint density at radius 2 is 1.22 bits per heavy atom. The summed E-state index contributed by atoms with van der Waals surface area (Å²) >= 11 is 0. The van der Waals surface area contributed by atoms with E-state index < -0.39 is 0 Å². The first-order chi connectivity index (χ1) is 15.1. The summed E-state index contributed by atoms with van der Waals surface area (Å²) in [7, 11) is -0.0977. The minimum absolute atomic E-state index is 0.0974. The van der Waals surface area contributed by atoms with Crippen LogP contribution in [0.2, 0.25) is 0 Å². The molecule has 0 aliphatic rings. The van der Waals surface area contributed by atoms with Gasteiger partial charge >= 0.3 is 0 Å². The quantitative estimate of drug-likeness (QED) is 0.338. The molecule has 0 saturated heterocycles. The van der Waals surface area contributed by atoms with E-state index in [-0.39, 0.29) is 14.1 Å². The van der Waals surface area contributed by atoms with E-state index in [1.165, 1.54) is 0 Å². The standard InChI is InChI=1S/C27H39O4P/c1-17(2)14-29-22-12-23(30-15-18(3)4)26(24(13-22)31-16-19(5)6)32-27(28)25-20(7)10-9-11-21(25)8/h9-13,17-19,32H,14-16H2,1-8H3. The van der Waals surface area contributed by atoms with Crippen LogP contribution in [0.4, 0.5) is 0 Å². The van der Waals surface area contributed by atoms with Crippen molar-refractivity contribution in [1.82, 2.24) is 0 Å². The molecule has 32 heavy (non-hydrogen) atoms. The lowest BCUT2D eigenvalue weighted by Crippen LogP contribution is -2.17. The van der Waals surface area contributed by atoms with Gasteiger partial charge < -0.3 is 14.2 Å². The van der Waals surface area contributed by atoms with E-state index >= 15 is 0 Å². The summed E-state index contributed by atoms with van der Waals surface area (Å²) in [4.78, 5) is 13.4. The number of hydrogen-bond acceptors (Lipinski definition) is 4.